The smallest absolute Gasteiger partial charge is 0.252 e. The summed E-state index contributed by atoms with van der Waals surface area (Å²) in [6.45, 7) is 13.7. The number of anilines is 6. The van der Waals surface area contributed by atoms with E-state index in [4.69, 9.17) is 9.97 Å². The van der Waals surface area contributed by atoms with Crippen LogP contribution in [0, 0.1) is 0 Å². The number of rotatable bonds is 4. The molecule has 15 aromatic carbocycles. The van der Waals surface area contributed by atoms with E-state index in [0.717, 1.165) is 50.5 Å². The van der Waals surface area contributed by atoms with Crippen LogP contribution in [0.1, 0.15) is 52.7 Å². The molecule has 0 saturated heterocycles. The third kappa shape index (κ3) is 6.81. The quantitative estimate of drug-likeness (QED) is 0.0999. The van der Waals surface area contributed by atoms with Crippen molar-refractivity contribution in [1.29, 1.82) is 0 Å². The Morgan fingerprint density at radius 3 is 1.20 bits per heavy atom. The maximum absolute atomic E-state index is 5.68. The van der Waals surface area contributed by atoms with Crippen molar-refractivity contribution in [3.8, 4) is 22.6 Å². The summed E-state index contributed by atoms with van der Waals surface area (Å²) >= 11 is 0. The molecule has 85 heavy (non-hydrogen) atoms. The molecule has 0 unspecified atom stereocenters. The first-order chi connectivity index (χ1) is 41.4. The molecule has 2 aliphatic rings. The molecule has 0 spiro atoms. The van der Waals surface area contributed by atoms with Gasteiger partial charge in [0.2, 0.25) is 0 Å². The fourth-order valence-electron chi connectivity index (χ4n) is 15.3. The summed E-state index contributed by atoms with van der Waals surface area (Å²) in [6, 6.07) is 89.8. The maximum Gasteiger partial charge on any atom is 0.252 e. The molecule has 16 aromatic rings. The third-order valence-electron chi connectivity index (χ3n) is 19.2. The molecule has 400 valence electrons. The van der Waals surface area contributed by atoms with Gasteiger partial charge < -0.3 is 9.80 Å². The Balaban J connectivity index is 1.06. The fourth-order valence-corrected chi connectivity index (χ4v) is 15.3. The van der Waals surface area contributed by atoms with Crippen LogP contribution in [0.3, 0.4) is 0 Å². The molecule has 1 aromatic heterocycles. The van der Waals surface area contributed by atoms with Crippen molar-refractivity contribution in [3.05, 3.63) is 248 Å². The molecule has 2 aliphatic heterocycles. The van der Waals surface area contributed by atoms with E-state index in [0.29, 0.717) is 5.82 Å². The van der Waals surface area contributed by atoms with Crippen LogP contribution in [0.4, 0.5) is 34.1 Å². The molecule has 0 atom stereocenters. The molecular formula is C80H57BN4. The van der Waals surface area contributed by atoms with E-state index in [9.17, 15) is 0 Å². The van der Waals surface area contributed by atoms with Gasteiger partial charge in [-0.1, -0.05) is 236 Å². The van der Waals surface area contributed by atoms with Gasteiger partial charge in [-0.3, -0.25) is 0 Å². The minimum Gasteiger partial charge on any atom is -0.311 e. The molecule has 18 rings (SSSR count). The van der Waals surface area contributed by atoms with Crippen LogP contribution in [-0.2, 0) is 10.8 Å². The van der Waals surface area contributed by atoms with Gasteiger partial charge in [-0.25, -0.2) is 9.97 Å². The number of fused-ring (bicyclic) bond motifs is 11. The minimum atomic E-state index is -0.206. The van der Waals surface area contributed by atoms with Crippen LogP contribution < -0.4 is 26.2 Å². The predicted molar refractivity (Wildman–Crippen MR) is 364 cm³/mol. The van der Waals surface area contributed by atoms with E-state index < -0.39 is 0 Å². The fraction of sp³-hybridized carbons (Fsp3) is 0.100. The van der Waals surface area contributed by atoms with Crippen molar-refractivity contribution < 1.29 is 0 Å². The lowest BCUT2D eigenvalue weighted by Crippen LogP contribution is -2.61. The van der Waals surface area contributed by atoms with Gasteiger partial charge in [-0.05, 0) is 156 Å². The second kappa shape index (κ2) is 17.2. The Labute approximate surface area is 494 Å². The zero-order chi connectivity index (χ0) is 56.8. The number of benzene rings is 15. The second-order valence-electron chi connectivity index (χ2n) is 26.0. The van der Waals surface area contributed by atoms with Crippen LogP contribution in [0.2, 0.25) is 0 Å². The van der Waals surface area contributed by atoms with Crippen LogP contribution in [0.5, 0.6) is 0 Å². The summed E-state index contributed by atoms with van der Waals surface area (Å²) in [4.78, 5) is 16.2. The molecular weight excluding hydrogens is 1030 g/mol. The lowest BCUT2D eigenvalue weighted by Gasteiger charge is -2.45. The molecule has 0 N–H and O–H groups in total. The van der Waals surface area contributed by atoms with E-state index >= 15 is 0 Å². The lowest BCUT2D eigenvalue weighted by atomic mass is 9.33. The highest BCUT2D eigenvalue weighted by molar-refractivity contribution is 7.01. The van der Waals surface area contributed by atoms with Crippen LogP contribution >= 0.6 is 0 Å². The average Bonchev–Trinajstić information content (AvgIpc) is 0.925. The SMILES string of the molecule is CC(C)(C)c1ccc(N2c3cc(-c4nc(-c5ccccc5)nc5ccccc45)cc4c3B(c3cc5c6cccc7cccc(c8cccc(c32)c85)c76)c2cc3c5cccc6cccc(c7cccc(c2N4c2ccc(C(C)(C)C)cc2)c73)c65)cc1. The second-order valence-corrected chi connectivity index (χ2v) is 26.0. The first-order valence-electron chi connectivity index (χ1n) is 30.0. The maximum atomic E-state index is 5.68. The van der Waals surface area contributed by atoms with Gasteiger partial charge in [0.05, 0.1) is 11.2 Å². The first kappa shape index (κ1) is 48.4. The molecule has 0 radical (unpaired) electrons. The van der Waals surface area contributed by atoms with Crippen molar-refractivity contribution in [3.63, 3.8) is 0 Å². The van der Waals surface area contributed by atoms with E-state index in [1.807, 2.05) is 0 Å². The topological polar surface area (TPSA) is 32.3 Å². The number of aromatic nitrogens is 2. The Hall–Kier alpha value is -10.1. The van der Waals surface area contributed by atoms with E-state index in [-0.39, 0.29) is 17.5 Å². The summed E-state index contributed by atoms with van der Waals surface area (Å²) in [5, 5.41) is 21.4. The van der Waals surface area contributed by atoms with Crippen molar-refractivity contribution in [2.24, 2.45) is 0 Å². The lowest BCUT2D eigenvalue weighted by molar-refractivity contribution is 0.590. The van der Waals surface area contributed by atoms with Gasteiger partial charge in [0.15, 0.2) is 5.82 Å². The highest BCUT2D eigenvalue weighted by atomic mass is 15.2. The van der Waals surface area contributed by atoms with Gasteiger partial charge in [-0.15, -0.1) is 0 Å². The average molecular weight is 1090 g/mol. The normalized spacial score (nSPS) is 13.5. The highest BCUT2D eigenvalue weighted by Crippen LogP contribution is 2.54. The van der Waals surface area contributed by atoms with E-state index in [2.05, 4.69) is 288 Å². The molecule has 0 saturated carbocycles. The first-order valence-corrected chi connectivity index (χ1v) is 30.0. The third-order valence-corrected chi connectivity index (χ3v) is 19.2. The van der Waals surface area contributed by atoms with Crippen molar-refractivity contribution >= 4 is 154 Å². The van der Waals surface area contributed by atoms with Crippen molar-refractivity contribution in [2.45, 2.75) is 52.4 Å². The molecule has 0 amide bonds. The standard InChI is InChI=1S/C80H57BN4/c1-79(2,3)50-34-38-52(39-35-50)84-68-42-49(75-60-24-10-11-33-67(60)82-78(83-75)48-18-8-7-9-19-48)43-69-74(68)81(65-44-63-58-27-14-22-46-20-12-25-54(70(46)58)56-29-16-31-61(72(56)63)76(65)84)66-45-64-59-28-15-23-47-21-13-26-55(71(47)59)57-30-17-32-62(73(57)64)77(66)85(69)53-40-36-51(37-41-53)80(4,5)6/h7-45H,1-6H3. The zero-order valence-corrected chi connectivity index (χ0v) is 48.4. The van der Waals surface area contributed by atoms with E-state index in [1.54, 1.807) is 0 Å². The summed E-state index contributed by atoms with van der Waals surface area (Å²) < 4.78 is 0. The van der Waals surface area contributed by atoms with E-state index in [1.165, 1.54) is 125 Å². The van der Waals surface area contributed by atoms with Gasteiger partial charge in [-0.2, -0.15) is 0 Å². The molecule has 5 heteroatoms. The highest BCUT2D eigenvalue weighted by Gasteiger charge is 2.46. The van der Waals surface area contributed by atoms with Gasteiger partial charge >= 0.3 is 0 Å². The Morgan fingerprint density at radius 2 is 0.729 bits per heavy atom. The zero-order valence-electron chi connectivity index (χ0n) is 48.4. The number of hydrogen-bond acceptors (Lipinski definition) is 4. The summed E-state index contributed by atoms with van der Waals surface area (Å²) in [5.74, 6) is 0.699. The van der Waals surface area contributed by atoms with Gasteiger partial charge in [0.1, 0.15) is 0 Å². The Morgan fingerprint density at radius 1 is 0.329 bits per heavy atom. The molecule has 0 fully saturated rings. The summed E-state index contributed by atoms with van der Waals surface area (Å²) in [7, 11) is 0. The van der Waals surface area contributed by atoms with Crippen molar-refractivity contribution in [2.75, 3.05) is 9.80 Å². The predicted octanol–water partition coefficient (Wildman–Crippen LogP) is 19.7. The number of nitrogens with zero attached hydrogens (tertiary/aromatic N) is 4. The number of hydrogen-bond donors (Lipinski definition) is 0. The number of para-hydroxylation sites is 1. The van der Waals surface area contributed by atoms with Crippen LogP contribution in [0.15, 0.2) is 237 Å². The van der Waals surface area contributed by atoms with Crippen LogP contribution in [-0.4, -0.2) is 16.7 Å². The Bertz CT molecular complexity index is 5210. The molecule has 3 heterocycles. The summed E-state index contributed by atoms with van der Waals surface area (Å²) in [6.07, 6.45) is 0. The van der Waals surface area contributed by atoms with Gasteiger partial charge in [0.25, 0.3) is 6.71 Å². The minimum absolute atomic E-state index is 0.0462. The molecule has 0 aliphatic carbocycles. The van der Waals surface area contributed by atoms with Crippen molar-refractivity contribution in [1.82, 2.24) is 9.97 Å². The largest absolute Gasteiger partial charge is 0.311 e. The monoisotopic (exact) mass is 1080 g/mol. The Kier molecular flexibility index (Phi) is 9.83. The van der Waals surface area contributed by atoms with Crippen LogP contribution in [0.25, 0.3) is 120 Å². The molecule has 4 nitrogen and oxygen atoms in total. The summed E-state index contributed by atoms with van der Waals surface area (Å²) in [5.41, 5.74) is 17.0. The molecule has 0 bridgehead atoms. The van der Waals surface area contributed by atoms with Gasteiger partial charge in [0, 0.05) is 61.4 Å².